The van der Waals surface area contributed by atoms with Gasteiger partial charge >= 0.3 is 5.97 Å². The summed E-state index contributed by atoms with van der Waals surface area (Å²) in [4.78, 5) is 11.2. The average molecular weight is 228 g/mol. The first-order chi connectivity index (χ1) is 7.15. The van der Waals surface area contributed by atoms with Gasteiger partial charge in [0.2, 0.25) is 5.16 Å². The molecule has 0 saturated heterocycles. The smallest absolute Gasteiger partial charge is 0.334 e. The number of nitrogens with two attached hydrogens (primary N) is 1. The van der Waals surface area contributed by atoms with Gasteiger partial charge in [0.15, 0.2) is 0 Å². The van der Waals surface area contributed by atoms with Crippen molar-refractivity contribution in [3.05, 3.63) is 18.5 Å². The van der Waals surface area contributed by atoms with Gasteiger partial charge in [0.25, 0.3) is 0 Å². The second-order valence-corrected chi connectivity index (χ2v) is 3.58. The van der Waals surface area contributed by atoms with E-state index in [1.807, 2.05) is 0 Å². The number of thioether (sulfide) groups is 1. The summed E-state index contributed by atoms with van der Waals surface area (Å²) >= 11 is 1.28. The van der Waals surface area contributed by atoms with E-state index in [2.05, 4.69) is 16.8 Å². The van der Waals surface area contributed by atoms with Gasteiger partial charge in [0.1, 0.15) is 6.33 Å². The average Bonchev–Trinajstić information content (AvgIpc) is 2.61. The molecule has 6 nitrogen and oxygen atoms in total. The molecule has 0 fully saturated rings. The predicted octanol–water partition coefficient (Wildman–Crippen LogP) is 0.203. The van der Waals surface area contributed by atoms with Crippen LogP contribution in [0.2, 0.25) is 0 Å². The second kappa shape index (κ2) is 5.40. The van der Waals surface area contributed by atoms with Gasteiger partial charge in [0.05, 0.1) is 6.61 Å². The van der Waals surface area contributed by atoms with Crippen molar-refractivity contribution in [1.82, 2.24) is 14.9 Å². The largest absolute Gasteiger partial charge is 0.463 e. The quantitative estimate of drug-likeness (QED) is 0.335. The Labute approximate surface area is 91.5 Å². The molecule has 15 heavy (non-hydrogen) atoms. The van der Waals surface area contributed by atoms with Crippen molar-refractivity contribution in [3.8, 4) is 0 Å². The Morgan fingerprint density at radius 1 is 1.80 bits per heavy atom. The van der Waals surface area contributed by atoms with E-state index in [1.54, 1.807) is 6.92 Å². The molecule has 0 aromatic carbocycles. The van der Waals surface area contributed by atoms with Gasteiger partial charge in [0, 0.05) is 11.3 Å². The zero-order valence-electron chi connectivity index (χ0n) is 8.34. The molecule has 1 aromatic heterocycles. The third-order valence-corrected chi connectivity index (χ3v) is 2.52. The summed E-state index contributed by atoms with van der Waals surface area (Å²) in [5.41, 5.74) is 0.379. The highest BCUT2D eigenvalue weighted by Gasteiger charge is 2.10. The van der Waals surface area contributed by atoms with Crippen LogP contribution >= 0.6 is 11.8 Å². The van der Waals surface area contributed by atoms with Crippen molar-refractivity contribution in [2.75, 3.05) is 18.2 Å². The molecule has 0 unspecified atom stereocenters. The number of nitrogens with zero attached hydrogens (tertiary/aromatic N) is 3. The molecule has 82 valence electrons. The summed E-state index contributed by atoms with van der Waals surface area (Å²) < 4.78 is 6.06. The zero-order chi connectivity index (χ0) is 11.3. The van der Waals surface area contributed by atoms with Crippen molar-refractivity contribution in [2.24, 2.45) is 0 Å². The molecule has 2 N–H and O–H groups in total. The van der Waals surface area contributed by atoms with Gasteiger partial charge in [-0.1, -0.05) is 18.3 Å². The lowest BCUT2D eigenvalue weighted by molar-refractivity contribution is -0.138. The molecular weight excluding hydrogens is 216 g/mol. The van der Waals surface area contributed by atoms with Gasteiger partial charge in [-0.15, -0.1) is 10.2 Å². The molecular formula is C8H12N4O2S. The van der Waals surface area contributed by atoms with E-state index in [-0.39, 0.29) is 0 Å². The molecule has 0 amide bonds. The maximum Gasteiger partial charge on any atom is 0.334 e. The number of esters is 1. The van der Waals surface area contributed by atoms with Gasteiger partial charge in [-0.2, -0.15) is 0 Å². The monoisotopic (exact) mass is 228 g/mol. The molecule has 0 atom stereocenters. The Kier molecular flexibility index (Phi) is 4.17. The van der Waals surface area contributed by atoms with Crippen LogP contribution in [0, 0.1) is 0 Å². The number of carbonyl (C=O) groups is 1. The van der Waals surface area contributed by atoms with Gasteiger partial charge in [-0.3, -0.25) is 0 Å². The minimum Gasteiger partial charge on any atom is -0.463 e. The highest BCUT2D eigenvalue weighted by molar-refractivity contribution is 7.99. The number of nitrogen functional groups attached to an aromatic ring is 1. The topological polar surface area (TPSA) is 83.0 Å². The van der Waals surface area contributed by atoms with E-state index in [0.717, 1.165) is 0 Å². The SMILES string of the molecule is C=C(CSc1nncn1N)C(=O)OCC. The minimum absolute atomic E-state index is 0.343. The second-order valence-electron chi connectivity index (χ2n) is 2.63. The molecule has 7 heteroatoms. The van der Waals surface area contributed by atoms with E-state index in [0.29, 0.717) is 23.1 Å². The Balaban J connectivity index is 2.41. The summed E-state index contributed by atoms with van der Waals surface area (Å²) in [5, 5.41) is 7.88. The fraction of sp³-hybridized carbons (Fsp3) is 0.375. The Morgan fingerprint density at radius 3 is 3.07 bits per heavy atom. The predicted molar refractivity (Wildman–Crippen MR) is 56.7 cm³/mol. The Hall–Kier alpha value is -1.50. The van der Waals surface area contributed by atoms with E-state index < -0.39 is 5.97 Å². The highest BCUT2D eigenvalue weighted by Crippen LogP contribution is 2.15. The van der Waals surface area contributed by atoms with Crippen LogP contribution in [-0.4, -0.2) is 33.2 Å². The third-order valence-electron chi connectivity index (χ3n) is 1.48. The summed E-state index contributed by atoms with van der Waals surface area (Å²) in [6.07, 6.45) is 1.38. The van der Waals surface area contributed by atoms with Gasteiger partial charge < -0.3 is 10.6 Å². The minimum atomic E-state index is -0.395. The summed E-state index contributed by atoms with van der Waals surface area (Å²) in [5.74, 6) is 5.47. The lowest BCUT2D eigenvalue weighted by Gasteiger charge is -2.03. The Morgan fingerprint density at radius 2 is 2.53 bits per heavy atom. The number of rotatable bonds is 5. The van der Waals surface area contributed by atoms with Crippen LogP contribution in [0.25, 0.3) is 0 Å². The van der Waals surface area contributed by atoms with Crippen LogP contribution in [0.5, 0.6) is 0 Å². The standard InChI is InChI=1S/C8H12N4O2S/c1-3-14-7(13)6(2)4-15-8-11-10-5-12(8)9/h5H,2-4,9H2,1H3. The fourth-order valence-corrected chi connectivity index (χ4v) is 1.50. The number of carbonyl (C=O) groups excluding carboxylic acids is 1. The van der Waals surface area contributed by atoms with Crippen molar-refractivity contribution < 1.29 is 9.53 Å². The fourth-order valence-electron chi connectivity index (χ4n) is 0.779. The number of aromatic nitrogens is 3. The molecule has 0 saturated carbocycles. The van der Waals surface area contributed by atoms with Crippen LogP contribution in [-0.2, 0) is 9.53 Å². The highest BCUT2D eigenvalue weighted by atomic mass is 32.2. The molecule has 1 rings (SSSR count). The first-order valence-corrected chi connectivity index (χ1v) is 5.26. The molecule has 0 bridgehead atoms. The van der Waals surface area contributed by atoms with Crippen LogP contribution in [0.4, 0.5) is 0 Å². The molecule has 1 heterocycles. The van der Waals surface area contributed by atoms with Crippen molar-refractivity contribution in [3.63, 3.8) is 0 Å². The molecule has 0 aliphatic carbocycles. The molecule has 0 aliphatic rings. The van der Waals surface area contributed by atoms with E-state index in [4.69, 9.17) is 10.6 Å². The van der Waals surface area contributed by atoms with Gasteiger partial charge in [-0.25, -0.2) is 9.47 Å². The van der Waals surface area contributed by atoms with Crippen molar-refractivity contribution in [2.45, 2.75) is 12.1 Å². The lowest BCUT2D eigenvalue weighted by Crippen LogP contribution is -2.11. The Bertz CT molecular complexity index is 363. The number of ether oxygens (including phenoxy) is 1. The summed E-state index contributed by atoms with van der Waals surface area (Å²) in [7, 11) is 0. The van der Waals surface area contributed by atoms with Crippen LogP contribution in [0.1, 0.15) is 6.92 Å². The molecule has 1 aromatic rings. The lowest BCUT2D eigenvalue weighted by atomic mass is 10.4. The number of hydrogen-bond acceptors (Lipinski definition) is 6. The van der Waals surface area contributed by atoms with E-state index in [1.165, 1.54) is 22.8 Å². The molecule has 0 radical (unpaired) electrons. The summed E-state index contributed by atoms with van der Waals surface area (Å²) in [6.45, 7) is 5.70. The van der Waals surface area contributed by atoms with Crippen LogP contribution < -0.4 is 5.84 Å². The third kappa shape index (κ3) is 3.28. The first kappa shape index (κ1) is 11.6. The molecule has 0 aliphatic heterocycles. The zero-order valence-corrected chi connectivity index (χ0v) is 9.16. The summed E-state index contributed by atoms with van der Waals surface area (Å²) in [6, 6.07) is 0. The van der Waals surface area contributed by atoms with Crippen LogP contribution in [0.3, 0.4) is 0 Å². The van der Waals surface area contributed by atoms with Gasteiger partial charge in [-0.05, 0) is 6.92 Å². The molecule has 0 spiro atoms. The maximum atomic E-state index is 11.2. The number of hydrogen-bond donors (Lipinski definition) is 1. The van der Waals surface area contributed by atoms with Crippen LogP contribution in [0.15, 0.2) is 23.6 Å². The van der Waals surface area contributed by atoms with Crippen molar-refractivity contribution in [1.29, 1.82) is 0 Å². The van der Waals surface area contributed by atoms with Crippen molar-refractivity contribution >= 4 is 17.7 Å². The van der Waals surface area contributed by atoms with E-state index >= 15 is 0 Å². The first-order valence-electron chi connectivity index (χ1n) is 4.28. The normalized spacial score (nSPS) is 9.93. The van der Waals surface area contributed by atoms with E-state index in [9.17, 15) is 4.79 Å². The maximum absolute atomic E-state index is 11.2.